The van der Waals surface area contributed by atoms with E-state index in [1.807, 2.05) is 0 Å². The van der Waals surface area contributed by atoms with Crippen molar-refractivity contribution in [3.8, 4) is 6.07 Å². The summed E-state index contributed by atoms with van der Waals surface area (Å²) in [5, 5.41) is 8.59. The van der Waals surface area contributed by atoms with Crippen molar-refractivity contribution >= 4 is 23.6 Å². The van der Waals surface area contributed by atoms with Crippen LogP contribution in [0.4, 0.5) is 0 Å². The van der Waals surface area contributed by atoms with E-state index in [1.165, 1.54) is 0 Å². The number of piperazine rings is 1. The topological polar surface area (TPSA) is 98.6 Å². The molecule has 0 aliphatic carbocycles. The first kappa shape index (κ1) is 12.8. The summed E-state index contributed by atoms with van der Waals surface area (Å²) in [6.07, 6.45) is -0.312. The van der Waals surface area contributed by atoms with Crippen molar-refractivity contribution in [1.29, 1.82) is 5.26 Å². The van der Waals surface area contributed by atoms with E-state index >= 15 is 0 Å². The maximum Gasteiger partial charge on any atom is 0.254 e. The fraction of sp³-hybridized carbons (Fsp3) is 0.500. The van der Waals surface area contributed by atoms with Crippen molar-refractivity contribution in [2.45, 2.75) is 26.3 Å². The average Bonchev–Trinajstić information content (AvgIpc) is 2.22. The van der Waals surface area contributed by atoms with Gasteiger partial charge >= 0.3 is 0 Å². The van der Waals surface area contributed by atoms with Gasteiger partial charge in [-0.1, -0.05) is 0 Å². The third-order valence-electron chi connectivity index (χ3n) is 2.43. The highest BCUT2D eigenvalue weighted by atomic mass is 16.2. The molecule has 0 saturated carbocycles. The van der Waals surface area contributed by atoms with Crippen LogP contribution in [0.3, 0.4) is 0 Å². The Morgan fingerprint density at radius 2 is 1.94 bits per heavy atom. The lowest BCUT2D eigenvalue weighted by Gasteiger charge is -2.36. The monoisotopic (exact) mass is 237 g/mol. The van der Waals surface area contributed by atoms with E-state index in [0.717, 1.165) is 23.6 Å². The molecule has 90 valence electrons. The summed E-state index contributed by atoms with van der Waals surface area (Å²) in [6.45, 7) is 1.84. The van der Waals surface area contributed by atoms with Crippen molar-refractivity contribution in [3.63, 3.8) is 0 Å². The van der Waals surface area contributed by atoms with Crippen molar-refractivity contribution in [1.82, 2.24) is 9.80 Å². The molecule has 0 aromatic carbocycles. The lowest BCUT2D eigenvalue weighted by atomic mass is 10.1. The van der Waals surface area contributed by atoms with Crippen LogP contribution in [0.5, 0.6) is 0 Å². The number of hydrogen-bond donors (Lipinski definition) is 0. The summed E-state index contributed by atoms with van der Waals surface area (Å²) in [6, 6.07) is 0.536. The number of nitriles is 1. The van der Waals surface area contributed by atoms with Crippen molar-refractivity contribution in [2.24, 2.45) is 0 Å². The third kappa shape index (κ3) is 2.30. The number of amides is 4. The SMILES string of the molecule is CC(=O)N1CC(=O)N(C(C)=O)C(CC#N)C1=O. The van der Waals surface area contributed by atoms with Crippen LogP contribution in [0.1, 0.15) is 20.3 Å². The molecule has 1 saturated heterocycles. The first-order chi connectivity index (χ1) is 7.90. The lowest BCUT2D eigenvalue weighted by Crippen LogP contribution is -2.62. The molecular weight excluding hydrogens is 226 g/mol. The zero-order chi connectivity index (χ0) is 13.2. The van der Waals surface area contributed by atoms with Crippen molar-refractivity contribution in [2.75, 3.05) is 6.54 Å². The van der Waals surface area contributed by atoms with Gasteiger partial charge in [0, 0.05) is 13.8 Å². The molecule has 0 aromatic heterocycles. The standard InChI is InChI=1S/C10H11N3O4/c1-6(14)12-5-9(16)13(7(2)15)8(3-4-11)10(12)17/h8H,3,5H2,1-2H3. The molecule has 1 aliphatic heterocycles. The predicted octanol–water partition coefficient (Wildman–Crippen LogP) is -0.968. The van der Waals surface area contributed by atoms with Gasteiger partial charge in [-0.05, 0) is 0 Å². The fourth-order valence-corrected chi connectivity index (χ4v) is 1.68. The van der Waals surface area contributed by atoms with Gasteiger partial charge in [-0.15, -0.1) is 0 Å². The molecule has 4 amide bonds. The smallest absolute Gasteiger partial charge is 0.254 e. The molecule has 0 radical (unpaired) electrons. The predicted molar refractivity (Wildman–Crippen MR) is 53.9 cm³/mol. The van der Waals surface area contributed by atoms with Crippen LogP contribution in [0.15, 0.2) is 0 Å². The maximum atomic E-state index is 11.8. The second kappa shape index (κ2) is 4.74. The number of nitrogens with zero attached hydrogens (tertiary/aromatic N) is 3. The first-order valence-corrected chi connectivity index (χ1v) is 4.91. The summed E-state index contributed by atoms with van der Waals surface area (Å²) in [5.74, 6) is -2.51. The van der Waals surface area contributed by atoms with Crippen LogP contribution >= 0.6 is 0 Å². The van der Waals surface area contributed by atoms with Crippen molar-refractivity contribution in [3.05, 3.63) is 0 Å². The van der Waals surface area contributed by atoms with Gasteiger partial charge in [0.1, 0.15) is 12.6 Å². The van der Waals surface area contributed by atoms with Crippen LogP contribution in [0.2, 0.25) is 0 Å². The lowest BCUT2D eigenvalue weighted by molar-refractivity contribution is -0.165. The van der Waals surface area contributed by atoms with Crippen LogP contribution in [-0.4, -0.2) is 46.0 Å². The summed E-state index contributed by atoms with van der Waals surface area (Å²) < 4.78 is 0. The second-order valence-electron chi connectivity index (χ2n) is 3.60. The Labute approximate surface area is 97.6 Å². The number of carbonyl (C=O) groups excluding carboxylic acids is 4. The number of imide groups is 2. The van der Waals surface area contributed by atoms with Gasteiger partial charge in [-0.3, -0.25) is 29.0 Å². The van der Waals surface area contributed by atoms with E-state index in [0.29, 0.717) is 0 Å². The number of rotatable bonds is 1. The summed E-state index contributed by atoms with van der Waals surface area (Å²) >= 11 is 0. The molecule has 7 nitrogen and oxygen atoms in total. The molecule has 0 bridgehead atoms. The Bertz CT molecular complexity index is 437. The minimum atomic E-state index is -1.19. The molecule has 1 unspecified atom stereocenters. The van der Waals surface area contributed by atoms with E-state index in [9.17, 15) is 19.2 Å². The van der Waals surface area contributed by atoms with E-state index in [1.54, 1.807) is 6.07 Å². The maximum absolute atomic E-state index is 11.8. The quantitative estimate of drug-likeness (QED) is 0.584. The molecule has 1 atom stereocenters. The Morgan fingerprint density at radius 1 is 1.35 bits per heavy atom. The molecule has 1 aliphatic rings. The van der Waals surface area contributed by atoms with Gasteiger partial charge in [-0.2, -0.15) is 5.26 Å². The molecule has 0 spiro atoms. The molecular formula is C10H11N3O4. The first-order valence-electron chi connectivity index (χ1n) is 4.91. The molecule has 1 rings (SSSR count). The van der Waals surface area contributed by atoms with Gasteiger partial charge in [0.2, 0.25) is 17.7 Å². The summed E-state index contributed by atoms with van der Waals surface area (Å²) in [4.78, 5) is 47.4. The molecule has 17 heavy (non-hydrogen) atoms. The van der Waals surface area contributed by atoms with Gasteiger partial charge in [0.25, 0.3) is 5.91 Å². The Kier molecular flexibility index (Phi) is 3.58. The van der Waals surface area contributed by atoms with Gasteiger partial charge in [0.05, 0.1) is 12.5 Å². The van der Waals surface area contributed by atoms with Crippen LogP contribution < -0.4 is 0 Å². The molecule has 7 heteroatoms. The Balaban J connectivity index is 3.10. The largest absolute Gasteiger partial charge is 0.275 e. The summed E-state index contributed by atoms with van der Waals surface area (Å²) in [5.41, 5.74) is 0. The minimum absolute atomic E-state index is 0.312. The van der Waals surface area contributed by atoms with E-state index in [-0.39, 0.29) is 6.42 Å². The normalized spacial score (nSPS) is 20.2. The average molecular weight is 237 g/mol. The van der Waals surface area contributed by atoms with Crippen LogP contribution in [0, 0.1) is 11.3 Å². The van der Waals surface area contributed by atoms with Gasteiger partial charge < -0.3 is 0 Å². The zero-order valence-electron chi connectivity index (χ0n) is 9.47. The fourth-order valence-electron chi connectivity index (χ4n) is 1.68. The highest BCUT2D eigenvalue weighted by molar-refractivity contribution is 6.09. The Morgan fingerprint density at radius 3 is 2.35 bits per heavy atom. The molecule has 1 fully saturated rings. The van der Waals surface area contributed by atoms with Crippen molar-refractivity contribution < 1.29 is 19.2 Å². The highest BCUT2D eigenvalue weighted by Crippen LogP contribution is 2.15. The third-order valence-corrected chi connectivity index (χ3v) is 2.43. The van der Waals surface area contributed by atoms with E-state index in [2.05, 4.69) is 0 Å². The second-order valence-corrected chi connectivity index (χ2v) is 3.60. The van der Waals surface area contributed by atoms with Crippen LogP contribution in [-0.2, 0) is 19.2 Å². The highest BCUT2D eigenvalue weighted by Gasteiger charge is 2.42. The van der Waals surface area contributed by atoms with E-state index in [4.69, 9.17) is 5.26 Å². The number of hydrogen-bond acceptors (Lipinski definition) is 5. The van der Waals surface area contributed by atoms with Gasteiger partial charge in [0.15, 0.2) is 0 Å². The molecule has 0 aromatic rings. The zero-order valence-corrected chi connectivity index (χ0v) is 9.47. The number of carbonyl (C=O) groups is 4. The van der Waals surface area contributed by atoms with Crippen LogP contribution in [0.25, 0.3) is 0 Å². The Hall–Kier alpha value is -2.23. The van der Waals surface area contributed by atoms with Gasteiger partial charge in [-0.25, -0.2) is 0 Å². The molecule has 0 N–H and O–H groups in total. The molecule has 1 heterocycles. The van der Waals surface area contributed by atoms with E-state index < -0.39 is 36.2 Å². The summed E-state index contributed by atoms with van der Waals surface area (Å²) in [7, 11) is 0. The minimum Gasteiger partial charge on any atom is -0.275 e.